The van der Waals surface area contributed by atoms with Crippen LogP contribution in [0.25, 0.3) is 0 Å². The second-order valence-corrected chi connectivity index (χ2v) is 2.49. The molecule has 0 bridgehead atoms. The summed E-state index contributed by atoms with van der Waals surface area (Å²) in [5, 5.41) is 0. The maximum atomic E-state index is 11.9. The largest absolute Gasteiger partial charge is 0.416 e. The molecular weight excluding hydrogens is 185 g/mol. The van der Waals surface area contributed by atoms with Crippen LogP contribution >= 0.6 is 0 Å². The Morgan fingerprint density at radius 1 is 1.23 bits per heavy atom. The van der Waals surface area contributed by atoms with Crippen LogP contribution in [0.2, 0.25) is 0 Å². The smallest absolute Gasteiger partial charge is 0.359 e. The van der Waals surface area contributed by atoms with Crippen molar-refractivity contribution >= 4 is 6.29 Å². The highest BCUT2D eigenvalue weighted by atomic mass is 19.4. The molecule has 0 aliphatic carbocycles. The summed E-state index contributed by atoms with van der Waals surface area (Å²) in [4.78, 5) is 9.69. The minimum atomic E-state index is -4.43. The van der Waals surface area contributed by atoms with Crippen molar-refractivity contribution in [3.05, 3.63) is 0 Å². The van der Waals surface area contributed by atoms with E-state index in [1.165, 1.54) is 0 Å². The van der Waals surface area contributed by atoms with Gasteiger partial charge in [-0.05, 0) is 13.8 Å². The maximum absolute atomic E-state index is 11.9. The summed E-state index contributed by atoms with van der Waals surface area (Å²) in [6, 6.07) is 0. The van der Waals surface area contributed by atoms with Gasteiger partial charge in [-0.1, -0.05) is 13.8 Å². The van der Waals surface area contributed by atoms with Crippen LogP contribution in [0.15, 0.2) is 0 Å². The van der Waals surface area contributed by atoms with Crippen molar-refractivity contribution < 1.29 is 22.7 Å². The highest BCUT2D eigenvalue weighted by Crippen LogP contribution is 2.32. The van der Waals surface area contributed by atoms with Crippen LogP contribution < -0.4 is 0 Å². The number of hydrogen-bond donors (Lipinski definition) is 0. The van der Waals surface area contributed by atoms with Crippen LogP contribution in [0, 0.1) is 0 Å². The van der Waals surface area contributed by atoms with E-state index in [1.54, 1.807) is 0 Å². The van der Waals surface area contributed by atoms with Gasteiger partial charge in [-0.3, -0.25) is 0 Å². The molecule has 0 rings (SSSR count). The summed E-state index contributed by atoms with van der Waals surface area (Å²) >= 11 is 0. The summed E-state index contributed by atoms with van der Waals surface area (Å²) in [5.41, 5.74) is -2.24. The fourth-order valence-electron chi connectivity index (χ4n) is 0.324. The van der Waals surface area contributed by atoms with Gasteiger partial charge in [0.05, 0.1) is 0 Å². The molecule has 0 amide bonds. The first-order valence-corrected chi connectivity index (χ1v) is 3.95. The topological polar surface area (TPSA) is 26.3 Å². The summed E-state index contributed by atoms with van der Waals surface area (Å²) in [5.74, 6) is 0. The Balaban J connectivity index is 0. The zero-order valence-electron chi connectivity index (χ0n) is 8.23. The third-order valence-corrected chi connectivity index (χ3v) is 1.19. The van der Waals surface area contributed by atoms with Gasteiger partial charge in [0.1, 0.15) is 12.9 Å². The molecule has 0 N–H and O–H groups in total. The van der Waals surface area contributed by atoms with Crippen molar-refractivity contribution in [3.63, 3.8) is 0 Å². The van der Waals surface area contributed by atoms with E-state index in [-0.39, 0.29) is 6.29 Å². The van der Waals surface area contributed by atoms with E-state index in [2.05, 4.69) is 4.74 Å². The average molecular weight is 200 g/mol. The molecule has 0 saturated heterocycles. The van der Waals surface area contributed by atoms with Gasteiger partial charge < -0.3 is 9.53 Å². The molecule has 0 aromatic rings. The minimum absolute atomic E-state index is 0.285. The number of halogens is 3. The van der Waals surface area contributed by atoms with E-state index in [0.717, 1.165) is 13.8 Å². The molecule has 0 atom stereocenters. The zero-order chi connectivity index (χ0) is 11.1. The van der Waals surface area contributed by atoms with Gasteiger partial charge in [0, 0.05) is 0 Å². The van der Waals surface area contributed by atoms with Crippen molar-refractivity contribution in [3.8, 4) is 0 Å². The van der Waals surface area contributed by atoms with Crippen LogP contribution in [0.1, 0.15) is 27.7 Å². The number of carbonyl (C=O) groups excluding carboxylic acids is 1. The predicted octanol–water partition coefficient (Wildman–Crippen LogP) is 2.57. The van der Waals surface area contributed by atoms with E-state index < -0.39 is 18.4 Å². The van der Waals surface area contributed by atoms with E-state index in [1.807, 2.05) is 13.8 Å². The van der Waals surface area contributed by atoms with E-state index in [4.69, 9.17) is 0 Å². The van der Waals surface area contributed by atoms with Crippen molar-refractivity contribution in [1.82, 2.24) is 0 Å². The van der Waals surface area contributed by atoms with Crippen LogP contribution in [-0.2, 0) is 9.53 Å². The average Bonchev–Trinajstić information content (AvgIpc) is 2.03. The molecule has 0 spiro atoms. The normalized spacial score (nSPS) is 11.6. The third kappa shape index (κ3) is 5.63. The lowest BCUT2D eigenvalue weighted by Gasteiger charge is -2.26. The van der Waals surface area contributed by atoms with Crippen molar-refractivity contribution in [2.45, 2.75) is 39.5 Å². The molecule has 0 saturated carbocycles. The molecular formula is C8H15F3O2. The van der Waals surface area contributed by atoms with Crippen molar-refractivity contribution in [2.75, 3.05) is 6.61 Å². The molecule has 0 aliphatic rings. The quantitative estimate of drug-likeness (QED) is 0.654. The van der Waals surface area contributed by atoms with Gasteiger partial charge in [0.2, 0.25) is 0 Å². The standard InChI is InChI=1S/C6H9F3O2.C2H6/c1-5(2,6(7,8)9)11-4-3-10;1-2/h3H,4H2,1-2H3;1-2H3. The van der Waals surface area contributed by atoms with Crippen LogP contribution in [0.5, 0.6) is 0 Å². The van der Waals surface area contributed by atoms with Crippen molar-refractivity contribution in [1.29, 1.82) is 0 Å². The molecule has 2 nitrogen and oxygen atoms in total. The predicted molar refractivity (Wildman–Crippen MR) is 43.5 cm³/mol. The molecule has 0 unspecified atom stereocenters. The Kier molecular flexibility index (Phi) is 6.84. The van der Waals surface area contributed by atoms with Gasteiger partial charge >= 0.3 is 6.18 Å². The first kappa shape index (κ1) is 14.9. The molecule has 0 heterocycles. The Morgan fingerprint density at radius 3 is 1.85 bits per heavy atom. The number of alkyl halides is 3. The fourth-order valence-corrected chi connectivity index (χ4v) is 0.324. The van der Waals surface area contributed by atoms with Crippen LogP contribution in [-0.4, -0.2) is 24.7 Å². The van der Waals surface area contributed by atoms with Crippen LogP contribution in [0.3, 0.4) is 0 Å². The number of hydrogen-bond acceptors (Lipinski definition) is 2. The first-order valence-electron chi connectivity index (χ1n) is 3.95. The zero-order valence-corrected chi connectivity index (χ0v) is 8.23. The third-order valence-electron chi connectivity index (χ3n) is 1.19. The number of ether oxygens (including phenoxy) is 1. The Hall–Kier alpha value is -0.580. The first-order chi connectivity index (χ1) is 5.81. The number of rotatable bonds is 3. The van der Waals surface area contributed by atoms with Gasteiger partial charge in [-0.2, -0.15) is 13.2 Å². The van der Waals surface area contributed by atoms with Crippen LogP contribution in [0.4, 0.5) is 13.2 Å². The van der Waals surface area contributed by atoms with E-state index in [9.17, 15) is 18.0 Å². The summed E-state index contributed by atoms with van der Waals surface area (Å²) < 4.78 is 40.0. The lowest BCUT2D eigenvalue weighted by Crippen LogP contribution is -2.42. The maximum Gasteiger partial charge on any atom is 0.416 e. The second-order valence-electron chi connectivity index (χ2n) is 2.49. The fraction of sp³-hybridized carbons (Fsp3) is 0.875. The SMILES string of the molecule is CC.CC(C)(OCC=O)C(F)(F)F. The Labute approximate surface area is 76.1 Å². The van der Waals surface area contributed by atoms with Gasteiger partial charge in [-0.25, -0.2) is 0 Å². The number of aldehydes is 1. The molecule has 0 aromatic heterocycles. The van der Waals surface area contributed by atoms with Gasteiger partial charge in [0.25, 0.3) is 0 Å². The monoisotopic (exact) mass is 200 g/mol. The van der Waals surface area contributed by atoms with Crippen molar-refractivity contribution in [2.24, 2.45) is 0 Å². The lowest BCUT2D eigenvalue weighted by molar-refractivity contribution is -0.260. The molecule has 0 fully saturated rings. The molecule has 80 valence electrons. The lowest BCUT2D eigenvalue weighted by atomic mass is 10.1. The Bertz CT molecular complexity index is 141. The summed E-state index contributed by atoms with van der Waals surface area (Å²) in [7, 11) is 0. The van der Waals surface area contributed by atoms with Gasteiger partial charge in [-0.15, -0.1) is 0 Å². The van der Waals surface area contributed by atoms with Gasteiger partial charge in [0.15, 0.2) is 5.60 Å². The summed E-state index contributed by atoms with van der Waals surface area (Å²) in [6.07, 6.45) is -4.15. The number of carbonyl (C=O) groups is 1. The highest BCUT2D eigenvalue weighted by molar-refractivity contribution is 5.50. The molecule has 0 aliphatic heterocycles. The second kappa shape index (κ2) is 5.96. The summed E-state index contributed by atoms with van der Waals surface area (Å²) in [6.45, 7) is 5.21. The molecule has 5 heteroatoms. The molecule has 13 heavy (non-hydrogen) atoms. The Morgan fingerprint density at radius 2 is 1.62 bits per heavy atom. The minimum Gasteiger partial charge on any atom is -0.359 e. The highest BCUT2D eigenvalue weighted by Gasteiger charge is 2.48. The van der Waals surface area contributed by atoms with E-state index in [0.29, 0.717) is 0 Å². The molecule has 0 radical (unpaired) electrons. The molecule has 0 aromatic carbocycles. The van der Waals surface area contributed by atoms with E-state index >= 15 is 0 Å².